The van der Waals surface area contributed by atoms with Gasteiger partial charge in [-0.05, 0) is 60.0 Å². The SMILES string of the molecule is CC[C@@H](C)C(=O)N[C@H]1COc2cc(C)ccc2N(Cc2c(OC)ccc3cc(Br)ccc23)C1=O. The molecule has 2 atom stereocenters. The zero-order valence-electron chi connectivity index (χ0n) is 19.9. The van der Waals surface area contributed by atoms with Gasteiger partial charge in [0.1, 0.15) is 24.1 Å². The Labute approximate surface area is 208 Å². The van der Waals surface area contributed by atoms with Crippen LogP contribution in [0, 0.1) is 12.8 Å². The Morgan fingerprint density at radius 3 is 2.76 bits per heavy atom. The number of benzene rings is 3. The first-order valence-electron chi connectivity index (χ1n) is 11.4. The van der Waals surface area contributed by atoms with E-state index in [9.17, 15) is 9.59 Å². The highest BCUT2D eigenvalue weighted by atomic mass is 79.9. The van der Waals surface area contributed by atoms with Crippen molar-refractivity contribution in [2.45, 2.75) is 39.8 Å². The number of rotatable bonds is 6. The molecule has 1 heterocycles. The molecule has 0 unspecified atom stereocenters. The monoisotopic (exact) mass is 524 g/mol. The minimum Gasteiger partial charge on any atom is -0.496 e. The molecule has 0 aliphatic carbocycles. The first kappa shape index (κ1) is 24.1. The number of nitrogens with zero attached hydrogens (tertiary/aromatic N) is 1. The summed E-state index contributed by atoms with van der Waals surface area (Å²) in [7, 11) is 1.63. The molecule has 0 aromatic heterocycles. The van der Waals surface area contributed by atoms with Gasteiger partial charge in [-0.3, -0.25) is 9.59 Å². The smallest absolute Gasteiger partial charge is 0.253 e. The van der Waals surface area contributed by atoms with E-state index in [1.165, 1.54) is 0 Å². The van der Waals surface area contributed by atoms with Gasteiger partial charge in [-0.15, -0.1) is 0 Å². The third kappa shape index (κ3) is 4.75. The molecule has 3 aromatic rings. The van der Waals surface area contributed by atoms with E-state index < -0.39 is 6.04 Å². The molecule has 4 rings (SSSR count). The van der Waals surface area contributed by atoms with E-state index in [-0.39, 0.29) is 30.9 Å². The van der Waals surface area contributed by atoms with E-state index in [2.05, 4.69) is 21.2 Å². The van der Waals surface area contributed by atoms with Gasteiger partial charge in [0, 0.05) is 16.0 Å². The number of fused-ring (bicyclic) bond motifs is 2. The lowest BCUT2D eigenvalue weighted by Gasteiger charge is -2.27. The van der Waals surface area contributed by atoms with Crippen molar-refractivity contribution in [2.75, 3.05) is 18.6 Å². The highest BCUT2D eigenvalue weighted by Crippen LogP contribution is 2.37. The molecule has 7 heteroatoms. The van der Waals surface area contributed by atoms with Gasteiger partial charge >= 0.3 is 0 Å². The van der Waals surface area contributed by atoms with Crippen molar-refractivity contribution in [3.63, 3.8) is 0 Å². The van der Waals surface area contributed by atoms with Crippen LogP contribution < -0.4 is 19.7 Å². The van der Waals surface area contributed by atoms with E-state index in [0.717, 1.165) is 26.4 Å². The standard InChI is InChI=1S/C27H29BrN2O4/c1-5-17(3)26(31)29-22-15-34-25-12-16(2)6-10-23(25)30(27(22)32)14-21-20-9-8-19(28)13-18(20)7-11-24(21)33-4/h6-13,17,22H,5,14-15H2,1-4H3,(H,29,31)/t17-,22+/m1/s1. The van der Waals surface area contributed by atoms with Crippen LogP contribution in [0.5, 0.6) is 11.5 Å². The summed E-state index contributed by atoms with van der Waals surface area (Å²) in [5, 5.41) is 4.94. The van der Waals surface area contributed by atoms with Crippen LogP contribution in [0.1, 0.15) is 31.4 Å². The molecule has 0 radical (unpaired) electrons. The second kappa shape index (κ2) is 10.1. The Morgan fingerprint density at radius 1 is 1.24 bits per heavy atom. The van der Waals surface area contributed by atoms with Crippen LogP contribution in [0.25, 0.3) is 10.8 Å². The van der Waals surface area contributed by atoms with Gasteiger partial charge in [-0.2, -0.15) is 0 Å². The number of anilines is 1. The molecule has 0 saturated heterocycles. The summed E-state index contributed by atoms with van der Waals surface area (Å²) in [6.45, 7) is 6.14. The van der Waals surface area contributed by atoms with Gasteiger partial charge in [-0.25, -0.2) is 0 Å². The molecule has 1 N–H and O–H groups in total. The quantitative estimate of drug-likeness (QED) is 0.470. The second-order valence-corrected chi connectivity index (χ2v) is 9.60. The van der Waals surface area contributed by atoms with Crippen molar-refractivity contribution in [1.82, 2.24) is 5.32 Å². The number of hydrogen-bond donors (Lipinski definition) is 1. The van der Waals surface area contributed by atoms with Gasteiger partial charge in [0.15, 0.2) is 0 Å². The number of methoxy groups -OCH3 is 1. The third-order valence-corrected chi connectivity index (χ3v) is 6.83. The summed E-state index contributed by atoms with van der Waals surface area (Å²) in [6.07, 6.45) is 0.694. The average molecular weight is 525 g/mol. The number of aryl methyl sites for hydroxylation is 1. The fraction of sp³-hybridized carbons (Fsp3) is 0.333. The molecular weight excluding hydrogens is 496 g/mol. The van der Waals surface area contributed by atoms with E-state index in [4.69, 9.17) is 9.47 Å². The van der Waals surface area contributed by atoms with Gasteiger partial charge in [-0.1, -0.05) is 48.0 Å². The maximum absolute atomic E-state index is 13.8. The number of halogens is 1. The number of amides is 2. The van der Waals surface area contributed by atoms with E-state index >= 15 is 0 Å². The summed E-state index contributed by atoms with van der Waals surface area (Å²) in [4.78, 5) is 28.2. The molecule has 0 bridgehead atoms. The van der Waals surface area contributed by atoms with Crippen molar-refractivity contribution in [1.29, 1.82) is 0 Å². The van der Waals surface area contributed by atoms with Crippen molar-refractivity contribution in [3.05, 3.63) is 64.1 Å². The topological polar surface area (TPSA) is 67.9 Å². The predicted octanol–water partition coefficient (Wildman–Crippen LogP) is 5.38. The molecular formula is C27H29BrN2O4. The van der Waals surface area contributed by atoms with Crippen LogP contribution >= 0.6 is 15.9 Å². The van der Waals surface area contributed by atoms with Crippen LogP contribution in [0.15, 0.2) is 53.0 Å². The molecule has 2 amide bonds. The molecule has 0 saturated carbocycles. The molecule has 0 fully saturated rings. The van der Waals surface area contributed by atoms with Crippen LogP contribution in [0.4, 0.5) is 5.69 Å². The van der Waals surface area contributed by atoms with Crippen LogP contribution in [-0.4, -0.2) is 31.6 Å². The molecule has 6 nitrogen and oxygen atoms in total. The summed E-state index contributed by atoms with van der Waals surface area (Å²) in [5.74, 6) is 0.762. The highest BCUT2D eigenvalue weighted by molar-refractivity contribution is 9.10. The van der Waals surface area contributed by atoms with Crippen molar-refractivity contribution >= 4 is 44.2 Å². The van der Waals surface area contributed by atoms with Crippen LogP contribution in [0.3, 0.4) is 0 Å². The first-order valence-corrected chi connectivity index (χ1v) is 12.2. The zero-order chi connectivity index (χ0) is 24.4. The average Bonchev–Trinajstić information content (AvgIpc) is 2.95. The molecule has 1 aliphatic rings. The number of nitrogens with one attached hydrogen (secondary N) is 1. The number of ether oxygens (including phenoxy) is 2. The van der Waals surface area contributed by atoms with Gasteiger partial charge in [0.25, 0.3) is 5.91 Å². The van der Waals surface area contributed by atoms with Gasteiger partial charge < -0.3 is 19.7 Å². The summed E-state index contributed by atoms with van der Waals surface area (Å²) in [5.41, 5.74) is 2.59. The number of carbonyl (C=O) groups excluding carboxylic acids is 2. The summed E-state index contributed by atoms with van der Waals surface area (Å²) in [6, 6.07) is 14.9. The van der Waals surface area contributed by atoms with Crippen LogP contribution in [0.2, 0.25) is 0 Å². The lowest BCUT2D eigenvalue weighted by atomic mass is 10.0. The highest BCUT2D eigenvalue weighted by Gasteiger charge is 2.34. The Hall–Kier alpha value is -3.06. The zero-order valence-corrected chi connectivity index (χ0v) is 21.4. The minimum atomic E-state index is -0.788. The summed E-state index contributed by atoms with van der Waals surface area (Å²) >= 11 is 3.53. The normalized spacial score (nSPS) is 16.4. The molecule has 3 aromatic carbocycles. The van der Waals surface area contributed by atoms with Crippen LogP contribution in [-0.2, 0) is 16.1 Å². The van der Waals surface area contributed by atoms with Crippen molar-refractivity contribution < 1.29 is 19.1 Å². The second-order valence-electron chi connectivity index (χ2n) is 8.69. The Balaban J connectivity index is 1.79. The molecule has 178 valence electrons. The maximum Gasteiger partial charge on any atom is 0.253 e. The number of hydrogen-bond acceptors (Lipinski definition) is 4. The Kier molecular flexibility index (Phi) is 7.12. The van der Waals surface area contributed by atoms with Gasteiger partial charge in [0.05, 0.1) is 19.3 Å². The van der Waals surface area contributed by atoms with Crippen molar-refractivity contribution in [3.8, 4) is 11.5 Å². The fourth-order valence-electron chi connectivity index (χ4n) is 4.13. The van der Waals surface area contributed by atoms with E-state index in [0.29, 0.717) is 23.6 Å². The minimum absolute atomic E-state index is 0.0770. The lowest BCUT2D eigenvalue weighted by molar-refractivity contribution is -0.130. The molecule has 0 spiro atoms. The Morgan fingerprint density at radius 2 is 2.03 bits per heavy atom. The predicted molar refractivity (Wildman–Crippen MR) is 137 cm³/mol. The summed E-state index contributed by atoms with van der Waals surface area (Å²) < 4.78 is 12.7. The van der Waals surface area contributed by atoms with Crippen molar-refractivity contribution in [2.24, 2.45) is 5.92 Å². The van der Waals surface area contributed by atoms with E-state index in [1.807, 2.05) is 69.3 Å². The Bertz CT molecular complexity index is 1240. The largest absolute Gasteiger partial charge is 0.496 e. The maximum atomic E-state index is 13.8. The van der Waals surface area contributed by atoms with Gasteiger partial charge in [0.2, 0.25) is 5.91 Å². The molecule has 34 heavy (non-hydrogen) atoms. The lowest BCUT2D eigenvalue weighted by Crippen LogP contribution is -2.51. The molecule has 1 aliphatic heterocycles. The van der Waals surface area contributed by atoms with E-state index in [1.54, 1.807) is 12.0 Å². The third-order valence-electron chi connectivity index (χ3n) is 6.34. The number of carbonyl (C=O) groups is 2. The first-order chi connectivity index (χ1) is 16.3. The fourth-order valence-corrected chi connectivity index (χ4v) is 4.51.